The van der Waals surface area contributed by atoms with Crippen LogP contribution < -0.4 is 9.47 Å². The highest BCUT2D eigenvalue weighted by Crippen LogP contribution is 2.40. The lowest BCUT2D eigenvalue weighted by Crippen LogP contribution is -2.38. The molecule has 0 saturated carbocycles. The molecule has 1 unspecified atom stereocenters. The summed E-state index contributed by atoms with van der Waals surface area (Å²) in [6, 6.07) is 21.9. The van der Waals surface area contributed by atoms with Crippen molar-refractivity contribution in [1.29, 1.82) is 0 Å². The Balaban J connectivity index is 1.43. The minimum atomic E-state index is -0.709. The van der Waals surface area contributed by atoms with Crippen LogP contribution in [0.5, 0.6) is 11.5 Å². The number of hydrogen-bond donors (Lipinski definition) is 1. The van der Waals surface area contributed by atoms with E-state index in [2.05, 4.69) is 4.90 Å². The summed E-state index contributed by atoms with van der Waals surface area (Å²) < 4.78 is 17.0. The monoisotopic (exact) mass is 570 g/mol. The first-order valence-corrected chi connectivity index (χ1v) is 14.5. The van der Waals surface area contributed by atoms with E-state index in [1.165, 1.54) is 0 Å². The van der Waals surface area contributed by atoms with Crippen LogP contribution in [-0.4, -0.2) is 72.6 Å². The number of ketones is 1. The lowest BCUT2D eigenvalue weighted by atomic mass is 9.93. The lowest BCUT2D eigenvalue weighted by molar-refractivity contribution is -0.140. The van der Waals surface area contributed by atoms with Crippen LogP contribution in [0.15, 0.2) is 78.4 Å². The zero-order valence-corrected chi connectivity index (χ0v) is 24.3. The van der Waals surface area contributed by atoms with Crippen LogP contribution in [0.4, 0.5) is 0 Å². The molecule has 1 N–H and O–H groups in total. The number of aliphatic hydroxyl groups is 1. The van der Waals surface area contributed by atoms with Gasteiger partial charge in [0.1, 0.15) is 23.9 Å². The zero-order chi connectivity index (χ0) is 29.5. The second-order valence-corrected chi connectivity index (χ2v) is 10.6. The van der Waals surface area contributed by atoms with Crippen molar-refractivity contribution >= 4 is 17.4 Å². The van der Waals surface area contributed by atoms with Crippen LogP contribution in [0.3, 0.4) is 0 Å². The summed E-state index contributed by atoms with van der Waals surface area (Å²) in [7, 11) is 0. The number of aryl methyl sites for hydroxylation is 1. The molecule has 2 saturated heterocycles. The van der Waals surface area contributed by atoms with E-state index in [9.17, 15) is 14.7 Å². The average molecular weight is 571 g/mol. The third-order valence-electron chi connectivity index (χ3n) is 7.73. The minimum absolute atomic E-state index is 0.0941. The van der Waals surface area contributed by atoms with Gasteiger partial charge in [0.25, 0.3) is 11.7 Å². The molecule has 1 amide bonds. The van der Waals surface area contributed by atoms with Crippen LogP contribution in [-0.2, 0) is 20.9 Å². The summed E-state index contributed by atoms with van der Waals surface area (Å²) in [5.41, 5.74) is 3.11. The number of hydrogen-bond acceptors (Lipinski definition) is 7. The van der Waals surface area contributed by atoms with Gasteiger partial charge in [-0.25, -0.2) is 0 Å². The molecule has 2 heterocycles. The smallest absolute Gasteiger partial charge is 0.295 e. The fourth-order valence-corrected chi connectivity index (χ4v) is 5.54. The Morgan fingerprint density at radius 3 is 2.33 bits per heavy atom. The highest BCUT2D eigenvalue weighted by atomic mass is 16.5. The number of morpholine rings is 1. The molecule has 0 radical (unpaired) electrons. The molecule has 8 nitrogen and oxygen atoms in total. The molecule has 2 fully saturated rings. The molecule has 0 aromatic heterocycles. The van der Waals surface area contributed by atoms with Gasteiger partial charge in [-0.1, -0.05) is 42.5 Å². The third kappa shape index (κ3) is 6.66. The first kappa shape index (κ1) is 29.4. The van der Waals surface area contributed by atoms with Crippen molar-refractivity contribution in [3.05, 3.63) is 101 Å². The number of Topliss-reactive ketones (excluding diaryl/α,β-unsaturated/α-hetero) is 1. The summed E-state index contributed by atoms with van der Waals surface area (Å²) in [5, 5.41) is 11.6. The Morgan fingerprint density at radius 1 is 0.929 bits per heavy atom. The summed E-state index contributed by atoms with van der Waals surface area (Å²) in [6.45, 7) is 9.01. The van der Waals surface area contributed by atoms with E-state index >= 15 is 0 Å². The van der Waals surface area contributed by atoms with Gasteiger partial charge >= 0.3 is 0 Å². The van der Waals surface area contributed by atoms with Crippen molar-refractivity contribution in [2.24, 2.45) is 0 Å². The second-order valence-electron chi connectivity index (χ2n) is 10.6. The molecule has 0 aliphatic carbocycles. The van der Waals surface area contributed by atoms with E-state index in [0.29, 0.717) is 56.5 Å². The molecule has 0 bridgehead atoms. The standard InChI is InChI=1S/C34H38N2O6/c1-3-41-27-12-10-26(11-13-27)31-30(33(38)34(39)36(31)17-7-16-35-18-20-40-21-19-35)32(37)29-15-14-28(22-24(29)2)42-23-25-8-5-4-6-9-25/h4-6,8-15,22,31,37H,3,7,16-21,23H2,1-2H3/b32-30+. The van der Waals surface area contributed by atoms with Crippen LogP contribution in [0.1, 0.15) is 41.6 Å². The Labute approximate surface area is 247 Å². The highest BCUT2D eigenvalue weighted by molar-refractivity contribution is 6.46. The van der Waals surface area contributed by atoms with Crippen molar-refractivity contribution in [1.82, 2.24) is 9.80 Å². The molecular formula is C34H38N2O6. The normalized spacial score (nSPS) is 18.8. The number of ether oxygens (including phenoxy) is 3. The van der Waals surface area contributed by atoms with Crippen LogP contribution >= 0.6 is 0 Å². The van der Waals surface area contributed by atoms with Gasteiger partial charge in [0, 0.05) is 31.7 Å². The van der Waals surface area contributed by atoms with Crippen molar-refractivity contribution in [2.45, 2.75) is 32.9 Å². The number of likely N-dealkylation sites (tertiary alicyclic amines) is 1. The Morgan fingerprint density at radius 2 is 1.64 bits per heavy atom. The van der Waals surface area contributed by atoms with Crippen LogP contribution in [0, 0.1) is 6.92 Å². The Hall–Kier alpha value is -4.14. The molecule has 3 aromatic carbocycles. The van der Waals surface area contributed by atoms with Crippen molar-refractivity contribution in [3.8, 4) is 11.5 Å². The fourth-order valence-electron chi connectivity index (χ4n) is 5.54. The maximum absolute atomic E-state index is 13.5. The maximum Gasteiger partial charge on any atom is 0.295 e. The molecule has 2 aliphatic rings. The van der Waals surface area contributed by atoms with Gasteiger partial charge in [0.2, 0.25) is 0 Å². The second kappa shape index (κ2) is 13.7. The molecule has 1 atom stereocenters. The fraction of sp³-hybridized carbons (Fsp3) is 0.353. The summed E-state index contributed by atoms with van der Waals surface area (Å²) in [6.07, 6.45) is 0.701. The summed E-state index contributed by atoms with van der Waals surface area (Å²) in [5.74, 6) is -0.110. The van der Waals surface area contributed by atoms with Crippen molar-refractivity contribution in [3.63, 3.8) is 0 Å². The SMILES string of the molecule is CCOc1ccc(C2/C(=C(\O)c3ccc(OCc4ccccc4)cc3C)C(=O)C(=O)N2CCCN2CCOCC2)cc1. The number of nitrogens with zero attached hydrogens (tertiary/aromatic N) is 2. The summed E-state index contributed by atoms with van der Waals surface area (Å²) in [4.78, 5) is 30.8. The van der Waals surface area contributed by atoms with E-state index in [4.69, 9.17) is 14.2 Å². The van der Waals surface area contributed by atoms with E-state index in [1.54, 1.807) is 17.0 Å². The molecule has 3 aromatic rings. The number of carbonyl (C=O) groups is 2. The van der Waals surface area contributed by atoms with Crippen molar-refractivity contribution < 1.29 is 28.9 Å². The molecular weight excluding hydrogens is 532 g/mol. The number of aliphatic hydroxyl groups excluding tert-OH is 1. The van der Waals surface area contributed by atoms with Crippen molar-refractivity contribution in [2.75, 3.05) is 46.0 Å². The van der Waals surface area contributed by atoms with Gasteiger partial charge in [-0.2, -0.15) is 0 Å². The average Bonchev–Trinajstić information content (AvgIpc) is 3.26. The Kier molecular flexibility index (Phi) is 9.56. The highest BCUT2D eigenvalue weighted by Gasteiger charge is 2.46. The molecule has 8 heteroatoms. The maximum atomic E-state index is 13.5. The largest absolute Gasteiger partial charge is 0.507 e. The first-order chi connectivity index (χ1) is 20.5. The molecule has 0 spiro atoms. The molecule has 2 aliphatic heterocycles. The topological polar surface area (TPSA) is 88.5 Å². The van der Waals surface area contributed by atoms with Gasteiger partial charge < -0.3 is 24.2 Å². The van der Waals surface area contributed by atoms with E-state index in [-0.39, 0.29) is 11.3 Å². The quantitative estimate of drug-likeness (QED) is 0.195. The number of carbonyl (C=O) groups excluding carboxylic acids is 2. The molecule has 5 rings (SSSR count). The number of amides is 1. The van der Waals surface area contributed by atoms with Crippen LogP contribution in [0.25, 0.3) is 5.76 Å². The zero-order valence-electron chi connectivity index (χ0n) is 24.3. The van der Waals surface area contributed by atoms with Gasteiger partial charge in [0.15, 0.2) is 0 Å². The predicted molar refractivity (Wildman–Crippen MR) is 160 cm³/mol. The molecule has 220 valence electrons. The lowest BCUT2D eigenvalue weighted by Gasteiger charge is -2.29. The van der Waals surface area contributed by atoms with Crippen LogP contribution in [0.2, 0.25) is 0 Å². The van der Waals surface area contributed by atoms with Gasteiger partial charge in [0.05, 0.1) is 31.4 Å². The molecule has 42 heavy (non-hydrogen) atoms. The van der Waals surface area contributed by atoms with E-state index in [1.807, 2.05) is 74.5 Å². The third-order valence-corrected chi connectivity index (χ3v) is 7.73. The first-order valence-electron chi connectivity index (χ1n) is 14.5. The van der Waals surface area contributed by atoms with Gasteiger partial charge in [-0.05, 0) is 67.3 Å². The van der Waals surface area contributed by atoms with Gasteiger partial charge in [-0.3, -0.25) is 14.5 Å². The Bertz CT molecular complexity index is 1410. The number of benzene rings is 3. The predicted octanol–water partition coefficient (Wildman–Crippen LogP) is 5.12. The van der Waals surface area contributed by atoms with E-state index < -0.39 is 17.7 Å². The van der Waals surface area contributed by atoms with Gasteiger partial charge in [-0.15, -0.1) is 0 Å². The minimum Gasteiger partial charge on any atom is -0.507 e. The number of rotatable bonds is 11. The summed E-state index contributed by atoms with van der Waals surface area (Å²) >= 11 is 0. The van der Waals surface area contributed by atoms with E-state index in [0.717, 1.165) is 36.3 Å².